The van der Waals surface area contributed by atoms with Gasteiger partial charge in [-0.3, -0.25) is 4.31 Å². The second-order valence-electron chi connectivity index (χ2n) is 6.03. The Balaban J connectivity index is 2.05. The largest absolute Gasteiger partial charge is 0.534 e. The lowest BCUT2D eigenvalue weighted by Crippen LogP contribution is -2.35. The first-order valence-electron chi connectivity index (χ1n) is 7.78. The van der Waals surface area contributed by atoms with E-state index < -0.39 is 37.4 Å². The summed E-state index contributed by atoms with van der Waals surface area (Å²) < 4.78 is 91.3. The zero-order chi connectivity index (χ0) is 20.9. The van der Waals surface area contributed by atoms with Crippen molar-refractivity contribution in [3.05, 3.63) is 53.1 Å². The van der Waals surface area contributed by atoms with Crippen molar-refractivity contribution in [2.45, 2.75) is 29.8 Å². The number of anilines is 1. The number of alkyl halides is 3. The molecule has 0 amide bonds. The Morgan fingerprint density at radius 2 is 1.68 bits per heavy atom. The Hall–Kier alpha value is -1.98. The van der Waals surface area contributed by atoms with Crippen LogP contribution in [0.2, 0.25) is 5.02 Å². The van der Waals surface area contributed by atoms with Gasteiger partial charge in [-0.05, 0) is 37.6 Å². The van der Waals surface area contributed by atoms with Crippen molar-refractivity contribution >= 4 is 37.4 Å². The Morgan fingerprint density at radius 3 is 2.25 bits per heavy atom. The average Bonchev–Trinajstić information content (AvgIpc) is 2.95. The van der Waals surface area contributed by atoms with Crippen LogP contribution in [0.3, 0.4) is 0 Å². The number of fused-ring (bicyclic) bond motifs is 1. The molecule has 0 spiro atoms. The first-order valence-corrected chi connectivity index (χ1v) is 11.0. The van der Waals surface area contributed by atoms with Crippen molar-refractivity contribution in [2.24, 2.45) is 0 Å². The van der Waals surface area contributed by atoms with Gasteiger partial charge in [-0.15, -0.1) is 0 Å². The Bertz CT molecular complexity index is 1120. The maximum atomic E-state index is 13.0. The van der Waals surface area contributed by atoms with Gasteiger partial charge < -0.3 is 4.18 Å². The number of rotatable bonds is 4. The number of nitrogens with zero attached hydrogens (tertiary/aromatic N) is 1. The van der Waals surface area contributed by atoms with Crippen molar-refractivity contribution in [1.82, 2.24) is 0 Å². The SMILES string of the molecule is CC1Cc2c(ccc(OS(=O)(=O)C(F)(F)F)c2Cl)N1S(=O)(=O)c1ccccc1. The van der Waals surface area contributed by atoms with Crippen LogP contribution in [-0.4, -0.2) is 28.4 Å². The zero-order valence-electron chi connectivity index (χ0n) is 14.1. The average molecular weight is 456 g/mol. The summed E-state index contributed by atoms with van der Waals surface area (Å²) in [5.74, 6) is -0.719. The fourth-order valence-corrected chi connectivity index (χ4v) is 5.41. The molecule has 0 saturated carbocycles. The van der Waals surface area contributed by atoms with E-state index in [4.69, 9.17) is 11.6 Å². The molecule has 1 aliphatic rings. The summed E-state index contributed by atoms with van der Waals surface area (Å²) in [6.07, 6.45) is 0.0729. The van der Waals surface area contributed by atoms with Gasteiger partial charge in [0.25, 0.3) is 10.0 Å². The van der Waals surface area contributed by atoms with Gasteiger partial charge in [-0.1, -0.05) is 29.8 Å². The molecule has 3 rings (SSSR count). The topological polar surface area (TPSA) is 80.8 Å². The van der Waals surface area contributed by atoms with E-state index in [1.165, 1.54) is 18.2 Å². The molecule has 1 heterocycles. The van der Waals surface area contributed by atoms with Crippen LogP contribution in [0.1, 0.15) is 12.5 Å². The van der Waals surface area contributed by atoms with Crippen molar-refractivity contribution < 1.29 is 34.2 Å². The molecule has 0 radical (unpaired) electrons. The number of sulfonamides is 1. The van der Waals surface area contributed by atoms with E-state index in [-0.39, 0.29) is 27.6 Å². The predicted molar refractivity (Wildman–Crippen MR) is 96.3 cm³/mol. The second kappa shape index (κ2) is 6.82. The number of halogens is 4. The molecule has 0 saturated heterocycles. The van der Waals surface area contributed by atoms with Crippen LogP contribution in [0.4, 0.5) is 18.9 Å². The third-order valence-corrected chi connectivity index (χ3v) is 7.43. The normalized spacial score (nSPS) is 17.5. The summed E-state index contributed by atoms with van der Waals surface area (Å²) in [5.41, 5.74) is -5.28. The van der Waals surface area contributed by atoms with Crippen LogP contribution in [0.5, 0.6) is 5.75 Å². The fraction of sp³-hybridized carbons (Fsp3) is 0.250. The third-order valence-electron chi connectivity index (χ3n) is 4.10. The first-order chi connectivity index (χ1) is 12.9. The quantitative estimate of drug-likeness (QED) is 0.518. The van der Waals surface area contributed by atoms with Crippen LogP contribution in [-0.2, 0) is 26.6 Å². The van der Waals surface area contributed by atoms with Gasteiger partial charge in [0.2, 0.25) is 0 Å². The van der Waals surface area contributed by atoms with Gasteiger partial charge in [-0.2, -0.15) is 21.6 Å². The molecular formula is C16H13ClF3NO5S2. The van der Waals surface area contributed by atoms with E-state index in [1.54, 1.807) is 25.1 Å². The molecule has 152 valence electrons. The minimum atomic E-state index is -5.91. The number of hydrogen-bond acceptors (Lipinski definition) is 5. The molecule has 28 heavy (non-hydrogen) atoms. The molecule has 1 unspecified atom stereocenters. The highest BCUT2D eigenvalue weighted by atomic mass is 35.5. The van der Waals surface area contributed by atoms with Gasteiger partial charge in [0.15, 0.2) is 5.75 Å². The highest BCUT2D eigenvalue weighted by Crippen LogP contribution is 2.44. The molecule has 0 bridgehead atoms. The smallest absolute Gasteiger partial charge is 0.374 e. The molecular weight excluding hydrogens is 443 g/mol. The maximum Gasteiger partial charge on any atom is 0.534 e. The Morgan fingerprint density at radius 1 is 1.07 bits per heavy atom. The van der Waals surface area contributed by atoms with Crippen molar-refractivity contribution in [3.63, 3.8) is 0 Å². The van der Waals surface area contributed by atoms with Crippen LogP contribution in [0.15, 0.2) is 47.4 Å². The van der Waals surface area contributed by atoms with Gasteiger partial charge in [0.05, 0.1) is 15.6 Å². The van der Waals surface area contributed by atoms with E-state index in [2.05, 4.69) is 4.18 Å². The molecule has 12 heteroatoms. The van der Waals surface area contributed by atoms with E-state index in [0.29, 0.717) is 0 Å². The van der Waals surface area contributed by atoms with Crippen LogP contribution in [0, 0.1) is 0 Å². The molecule has 2 aromatic carbocycles. The third kappa shape index (κ3) is 3.42. The lowest BCUT2D eigenvalue weighted by molar-refractivity contribution is -0.0500. The monoisotopic (exact) mass is 455 g/mol. The van der Waals surface area contributed by atoms with Gasteiger partial charge in [-0.25, -0.2) is 8.42 Å². The Kier molecular flexibility index (Phi) is 5.05. The van der Waals surface area contributed by atoms with Crippen LogP contribution in [0.25, 0.3) is 0 Å². The van der Waals surface area contributed by atoms with Crippen molar-refractivity contribution in [3.8, 4) is 5.75 Å². The summed E-state index contributed by atoms with van der Waals surface area (Å²) in [4.78, 5) is 0.0331. The predicted octanol–water partition coefficient (Wildman–Crippen LogP) is 3.71. The minimum absolute atomic E-state index is 0.0331. The summed E-state index contributed by atoms with van der Waals surface area (Å²) in [6, 6.07) is 9.07. The summed E-state index contributed by atoms with van der Waals surface area (Å²) in [5, 5.41) is -0.386. The lowest BCUT2D eigenvalue weighted by atomic mass is 10.1. The van der Waals surface area contributed by atoms with E-state index >= 15 is 0 Å². The molecule has 6 nitrogen and oxygen atoms in total. The Labute approximate surface area is 164 Å². The fourth-order valence-electron chi connectivity index (χ4n) is 2.91. The molecule has 2 aromatic rings. The van der Waals surface area contributed by atoms with Crippen LogP contribution < -0.4 is 8.49 Å². The van der Waals surface area contributed by atoms with E-state index in [1.807, 2.05) is 0 Å². The van der Waals surface area contributed by atoms with Crippen LogP contribution >= 0.6 is 11.6 Å². The number of hydrogen-bond donors (Lipinski definition) is 0. The molecule has 0 N–H and O–H groups in total. The lowest BCUT2D eigenvalue weighted by Gasteiger charge is -2.24. The zero-order valence-corrected chi connectivity index (χ0v) is 16.5. The highest BCUT2D eigenvalue weighted by Gasteiger charge is 2.49. The molecule has 0 aliphatic carbocycles. The summed E-state index contributed by atoms with van der Waals surface area (Å²) >= 11 is 6.06. The van der Waals surface area contributed by atoms with E-state index in [0.717, 1.165) is 10.4 Å². The van der Waals surface area contributed by atoms with Gasteiger partial charge in [0.1, 0.15) is 0 Å². The van der Waals surface area contributed by atoms with E-state index in [9.17, 15) is 30.0 Å². The van der Waals surface area contributed by atoms with Crippen molar-refractivity contribution in [2.75, 3.05) is 4.31 Å². The summed E-state index contributed by atoms with van der Waals surface area (Å²) in [6.45, 7) is 1.60. The molecule has 0 aromatic heterocycles. The standard InChI is InChI=1S/C16H13ClF3NO5S2/c1-10-9-12-13(21(10)27(22,23)11-5-3-2-4-6-11)7-8-14(15(12)17)26-28(24,25)16(18,19)20/h2-8,10H,9H2,1H3. The maximum absolute atomic E-state index is 13.0. The van der Waals surface area contributed by atoms with Gasteiger partial charge in [0, 0.05) is 11.6 Å². The molecule has 0 fully saturated rings. The van der Waals surface area contributed by atoms with Gasteiger partial charge >= 0.3 is 15.6 Å². The highest BCUT2D eigenvalue weighted by molar-refractivity contribution is 7.93. The molecule has 1 atom stereocenters. The molecule has 1 aliphatic heterocycles. The summed E-state index contributed by atoms with van der Waals surface area (Å²) in [7, 11) is -9.86. The number of benzene rings is 2. The second-order valence-corrected chi connectivity index (χ2v) is 9.76. The first kappa shape index (κ1) is 20.7. The van der Waals surface area contributed by atoms with Crippen molar-refractivity contribution in [1.29, 1.82) is 0 Å². The minimum Gasteiger partial charge on any atom is -0.374 e.